The van der Waals surface area contributed by atoms with E-state index < -0.39 is 0 Å². The molecular formula is C22H30N6O. The first-order valence-electron chi connectivity index (χ1n) is 10.6. The second-order valence-corrected chi connectivity index (χ2v) is 7.78. The molecule has 0 saturated carbocycles. The number of pyridine rings is 2. The fourth-order valence-electron chi connectivity index (χ4n) is 4.20. The Morgan fingerprint density at radius 1 is 1.10 bits per heavy atom. The lowest BCUT2D eigenvalue weighted by atomic mass is 10.0. The van der Waals surface area contributed by atoms with Crippen LogP contribution in [0.25, 0.3) is 0 Å². The molecule has 2 saturated heterocycles. The highest BCUT2D eigenvalue weighted by molar-refractivity contribution is 5.92. The molecule has 2 aliphatic heterocycles. The summed E-state index contributed by atoms with van der Waals surface area (Å²) < 4.78 is 0. The van der Waals surface area contributed by atoms with Crippen molar-refractivity contribution in [3.8, 4) is 0 Å². The van der Waals surface area contributed by atoms with Gasteiger partial charge in [0.25, 0.3) is 5.91 Å². The predicted octanol–water partition coefficient (Wildman–Crippen LogP) is 1.67. The van der Waals surface area contributed by atoms with Crippen LogP contribution in [0.1, 0.15) is 35.3 Å². The predicted molar refractivity (Wildman–Crippen MR) is 114 cm³/mol. The number of nitrogens with one attached hydrogen (secondary N) is 2. The van der Waals surface area contributed by atoms with Crippen molar-refractivity contribution in [2.75, 3.05) is 44.2 Å². The lowest BCUT2D eigenvalue weighted by Gasteiger charge is -2.33. The molecule has 0 spiro atoms. The quantitative estimate of drug-likeness (QED) is 0.804. The summed E-state index contributed by atoms with van der Waals surface area (Å²) in [5, 5.41) is 6.39. The molecule has 0 bridgehead atoms. The maximum Gasteiger partial charge on any atom is 0.270 e. The average molecular weight is 395 g/mol. The van der Waals surface area contributed by atoms with Gasteiger partial charge in [-0.25, -0.2) is 4.98 Å². The number of hydrogen-bond acceptors (Lipinski definition) is 6. The van der Waals surface area contributed by atoms with Gasteiger partial charge in [-0.15, -0.1) is 0 Å². The Morgan fingerprint density at radius 2 is 2.00 bits per heavy atom. The lowest BCUT2D eigenvalue weighted by molar-refractivity contribution is 0.0946. The summed E-state index contributed by atoms with van der Waals surface area (Å²) in [6.07, 6.45) is 7.10. The first kappa shape index (κ1) is 19.8. The molecule has 0 radical (unpaired) electrons. The molecule has 7 heteroatoms. The third-order valence-electron chi connectivity index (χ3n) is 5.82. The Labute approximate surface area is 172 Å². The van der Waals surface area contributed by atoms with Gasteiger partial charge in [0, 0.05) is 51.2 Å². The van der Waals surface area contributed by atoms with E-state index in [1.807, 2.05) is 24.3 Å². The molecule has 0 atom stereocenters. The van der Waals surface area contributed by atoms with Gasteiger partial charge in [-0.1, -0.05) is 12.1 Å². The minimum absolute atomic E-state index is 0.151. The number of rotatable bonds is 5. The minimum Gasteiger partial charge on any atom is -0.355 e. The topological polar surface area (TPSA) is 73.4 Å². The smallest absolute Gasteiger partial charge is 0.270 e. The van der Waals surface area contributed by atoms with E-state index in [1.165, 1.54) is 12.8 Å². The van der Waals surface area contributed by atoms with Crippen molar-refractivity contribution in [3.05, 3.63) is 54.0 Å². The molecule has 0 unspecified atom stereocenters. The molecule has 29 heavy (non-hydrogen) atoms. The first-order valence-corrected chi connectivity index (χ1v) is 10.6. The zero-order chi connectivity index (χ0) is 19.9. The molecule has 0 aromatic carbocycles. The SMILES string of the molecule is O=C(NCc1cccnc1)c1cccc(N2CCCN(C3CCNCC3)CC2)n1. The summed E-state index contributed by atoms with van der Waals surface area (Å²) in [6.45, 7) is 6.85. The van der Waals surface area contributed by atoms with Gasteiger partial charge >= 0.3 is 0 Å². The molecule has 2 N–H and O–H groups in total. The molecule has 2 fully saturated rings. The minimum atomic E-state index is -0.151. The van der Waals surface area contributed by atoms with Gasteiger partial charge in [-0.2, -0.15) is 0 Å². The van der Waals surface area contributed by atoms with E-state index >= 15 is 0 Å². The third-order valence-corrected chi connectivity index (χ3v) is 5.82. The number of carbonyl (C=O) groups excluding carboxylic acids is 1. The van der Waals surface area contributed by atoms with Crippen molar-refractivity contribution >= 4 is 11.7 Å². The summed E-state index contributed by atoms with van der Waals surface area (Å²) in [5.41, 5.74) is 1.44. The summed E-state index contributed by atoms with van der Waals surface area (Å²) in [6, 6.07) is 10.2. The number of anilines is 1. The molecule has 4 heterocycles. The van der Waals surface area contributed by atoms with Crippen molar-refractivity contribution < 1.29 is 4.79 Å². The lowest BCUT2D eigenvalue weighted by Crippen LogP contribution is -2.44. The van der Waals surface area contributed by atoms with Gasteiger partial charge in [0.15, 0.2) is 0 Å². The summed E-state index contributed by atoms with van der Waals surface area (Å²) >= 11 is 0. The van der Waals surface area contributed by atoms with E-state index in [1.54, 1.807) is 18.5 Å². The number of nitrogens with zero attached hydrogens (tertiary/aromatic N) is 4. The van der Waals surface area contributed by atoms with Gasteiger partial charge < -0.3 is 15.5 Å². The molecule has 154 valence electrons. The van der Waals surface area contributed by atoms with Gasteiger partial charge in [-0.05, 0) is 56.1 Å². The molecular weight excluding hydrogens is 364 g/mol. The third kappa shape index (κ3) is 5.31. The highest BCUT2D eigenvalue weighted by Crippen LogP contribution is 2.18. The Hall–Kier alpha value is -2.51. The molecule has 2 aromatic rings. The van der Waals surface area contributed by atoms with Crippen molar-refractivity contribution in [2.24, 2.45) is 0 Å². The fourth-order valence-corrected chi connectivity index (χ4v) is 4.20. The normalized spacial score (nSPS) is 19.0. The number of amides is 1. The molecule has 4 rings (SSSR count). The Kier molecular flexibility index (Phi) is 6.69. The van der Waals surface area contributed by atoms with Crippen LogP contribution >= 0.6 is 0 Å². The summed E-state index contributed by atoms with van der Waals surface area (Å²) in [4.78, 5) is 26.3. The van der Waals surface area contributed by atoms with Crippen molar-refractivity contribution in [1.29, 1.82) is 0 Å². The summed E-state index contributed by atoms with van der Waals surface area (Å²) in [5.74, 6) is 0.744. The maximum absolute atomic E-state index is 12.6. The van der Waals surface area contributed by atoms with Gasteiger partial charge in [0.2, 0.25) is 0 Å². The van der Waals surface area contributed by atoms with Crippen LogP contribution in [0.15, 0.2) is 42.7 Å². The molecule has 2 aliphatic rings. The Morgan fingerprint density at radius 3 is 2.83 bits per heavy atom. The monoisotopic (exact) mass is 394 g/mol. The average Bonchev–Trinajstić information content (AvgIpc) is 3.05. The standard InChI is InChI=1S/C22H30N6O/c29-22(25-17-18-4-2-9-24-16-18)20-5-1-6-21(26-20)28-13-3-12-27(14-15-28)19-7-10-23-11-8-19/h1-2,4-6,9,16,19,23H,3,7-8,10-15,17H2,(H,25,29). The molecule has 1 amide bonds. The number of carbonyl (C=O) groups is 1. The van der Waals surface area contributed by atoms with Crippen LogP contribution in [-0.4, -0.2) is 66.1 Å². The zero-order valence-corrected chi connectivity index (χ0v) is 16.9. The van der Waals surface area contributed by atoms with Crippen LogP contribution in [0.5, 0.6) is 0 Å². The largest absolute Gasteiger partial charge is 0.355 e. The van der Waals surface area contributed by atoms with E-state index in [-0.39, 0.29) is 5.91 Å². The number of piperidine rings is 1. The second-order valence-electron chi connectivity index (χ2n) is 7.78. The zero-order valence-electron chi connectivity index (χ0n) is 16.9. The summed E-state index contributed by atoms with van der Waals surface area (Å²) in [7, 11) is 0. The van der Waals surface area contributed by atoms with E-state index in [4.69, 9.17) is 0 Å². The highest BCUT2D eigenvalue weighted by atomic mass is 16.1. The van der Waals surface area contributed by atoms with E-state index in [2.05, 4.69) is 30.4 Å². The van der Waals surface area contributed by atoms with E-state index in [0.29, 0.717) is 18.3 Å². The van der Waals surface area contributed by atoms with Crippen LogP contribution in [0.4, 0.5) is 5.82 Å². The van der Waals surface area contributed by atoms with Crippen molar-refractivity contribution in [2.45, 2.75) is 31.8 Å². The van der Waals surface area contributed by atoms with Gasteiger partial charge in [0.1, 0.15) is 11.5 Å². The van der Waals surface area contributed by atoms with Crippen LogP contribution in [0, 0.1) is 0 Å². The molecule has 7 nitrogen and oxygen atoms in total. The van der Waals surface area contributed by atoms with Gasteiger partial charge in [0.05, 0.1) is 0 Å². The van der Waals surface area contributed by atoms with Crippen molar-refractivity contribution in [3.63, 3.8) is 0 Å². The molecule has 2 aromatic heterocycles. The number of hydrogen-bond donors (Lipinski definition) is 2. The Balaban J connectivity index is 1.35. The second kappa shape index (κ2) is 9.80. The fraction of sp³-hybridized carbons (Fsp3) is 0.500. The van der Waals surface area contributed by atoms with Crippen LogP contribution in [0.2, 0.25) is 0 Å². The maximum atomic E-state index is 12.6. The first-order chi connectivity index (χ1) is 14.3. The molecule has 0 aliphatic carbocycles. The number of aromatic nitrogens is 2. The Bertz CT molecular complexity index is 793. The van der Waals surface area contributed by atoms with E-state index in [9.17, 15) is 4.79 Å². The van der Waals surface area contributed by atoms with Gasteiger partial charge in [-0.3, -0.25) is 14.7 Å². The van der Waals surface area contributed by atoms with E-state index in [0.717, 1.165) is 57.1 Å². The highest BCUT2D eigenvalue weighted by Gasteiger charge is 2.24. The van der Waals surface area contributed by atoms with Crippen LogP contribution < -0.4 is 15.5 Å². The van der Waals surface area contributed by atoms with Crippen molar-refractivity contribution in [1.82, 2.24) is 25.5 Å². The van der Waals surface area contributed by atoms with Crippen LogP contribution in [0.3, 0.4) is 0 Å². The van der Waals surface area contributed by atoms with Crippen LogP contribution in [-0.2, 0) is 6.54 Å².